The predicted molar refractivity (Wildman–Crippen MR) is 86.3 cm³/mol. The lowest BCUT2D eigenvalue weighted by Crippen LogP contribution is -2.05. The molecule has 0 unspecified atom stereocenters. The summed E-state index contributed by atoms with van der Waals surface area (Å²) in [4.78, 5) is 0. The fraction of sp³-hybridized carbons (Fsp3) is 0.200. The Morgan fingerprint density at radius 1 is 1.20 bits per heavy atom. The highest BCUT2D eigenvalue weighted by atomic mass is 79.9. The van der Waals surface area contributed by atoms with Crippen molar-refractivity contribution in [1.82, 2.24) is 0 Å². The SMILES string of the molecule is COCc1c(Br)cccc1NCc1ccc(Br)cc1F. The van der Waals surface area contributed by atoms with Crippen molar-refractivity contribution in [2.24, 2.45) is 0 Å². The maximum absolute atomic E-state index is 13.8. The van der Waals surface area contributed by atoms with Gasteiger partial charge in [0.2, 0.25) is 0 Å². The summed E-state index contributed by atoms with van der Waals surface area (Å²) in [7, 11) is 1.65. The molecule has 2 aromatic carbocycles. The van der Waals surface area contributed by atoms with Gasteiger partial charge in [0.15, 0.2) is 0 Å². The average molecular weight is 403 g/mol. The van der Waals surface area contributed by atoms with E-state index in [2.05, 4.69) is 37.2 Å². The van der Waals surface area contributed by atoms with Crippen LogP contribution in [0.25, 0.3) is 0 Å². The summed E-state index contributed by atoms with van der Waals surface area (Å²) >= 11 is 6.75. The van der Waals surface area contributed by atoms with E-state index in [1.54, 1.807) is 13.2 Å². The Bertz CT molecular complexity index is 604. The Labute approximate surface area is 134 Å². The molecule has 0 aromatic heterocycles. The Hall–Kier alpha value is -0.910. The zero-order chi connectivity index (χ0) is 14.5. The number of nitrogens with one attached hydrogen (secondary N) is 1. The van der Waals surface area contributed by atoms with Gasteiger partial charge in [-0.3, -0.25) is 0 Å². The summed E-state index contributed by atoms with van der Waals surface area (Å²) < 4.78 is 20.7. The highest BCUT2D eigenvalue weighted by molar-refractivity contribution is 9.10. The zero-order valence-corrected chi connectivity index (χ0v) is 14.1. The van der Waals surface area contributed by atoms with E-state index in [9.17, 15) is 4.39 Å². The van der Waals surface area contributed by atoms with Gasteiger partial charge >= 0.3 is 0 Å². The number of benzene rings is 2. The van der Waals surface area contributed by atoms with Crippen LogP contribution in [0.1, 0.15) is 11.1 Å². The third kappa shape index (κ3) is 3.81. The predicted octanol–water partition coefficient (Wildman–Crippen LogP) is 5.11. The van der Waals surface area contributed by atoms with Crippen LogP contribution in [0.4, 0.5) is 10.1 Å². The van der Waals surface area contributed by atoms with Crippen molar-refractivity contribution in [3.05, 3.63) is 62.3 Å². The second kappa shape index (κ2) is 7.20. The van der Waals surface area contributed by atoms with Crippen LogP contribution in [-0.2, 0) is 17.9 Å². The lowest BCUT2D eigenvalue weighted by Gasteiger charge is -2.13. The molecule has 0 saturated heterocycles. The van der Waals surface area contributed by atoms with Crippen molar-refractivity contribution in [2.45, 2.75) is 13.2 Å². The first-order valence-electron chi connectivity index (χ1n) is 6.06. The number of halogens is 3. The van der Waals surface area contributed by atoms with Crippen molar-refractivity contribution in [1.29, 1.82) is 0 Å². The molecule has 0 aliphatic heterocycles. The highest BCUT2D eigenvalue weighted by Gasteiger charge is 2.08. The van der Waals surface area contributed by atoms with Crippen LogP contribution in [0.15, 0.2) is 45.3 Å². The molecule has 0 saturated carbocycles. The Morgan fingerprint density at radius 2 is 2.00 bits per heavy atom. The molecule has 0 amide bonds. The van der Waals surface area contributed by atoms with Gasteiger partial charge < -0.3 is 10.1 Å². The van der Waals surface area contributed by atoms with Gasteiger partial charge in [-0.1, -0.05) is 44.0 Å². The molecule has 0 radical (unpaired) electrons. The van der Waals surface area contributed by atoms with Crippen LogP contribution in [0.3, 0.4) is 0 Å². The van der Waals surface area contributed by atoms with Crippen molar-refractivity contribution in [3.63, 3.8) is 0 Å². The summed E-state index contributed by atoms with van der Waals surface area (Å²) in [5, 5.41) is 3.25. The Balaban J connectivity index is 2.16. The van der Waals surface area contributed by atoms with E-state index in [4.69, 9.17) is 4.74 Å². The maximum atomic E-state index is 13.8. The van der Waals surface area contributed by atoms with Crippen molar-refractivity contribution in [2.75, 3.05) is 12.4 Å². The average Bonchev–Trinajstić information content (AvgIpc) is 2.41. The molecule has 5 heteroatoms. The molecular formula is C15H14Br2FNO. The first kappa shape index (κ1) is 15.5. The molecule has 2 aromatic rings. The maximum Gasteiger partial charge on any atom is 0.129 e. The van der Waals surface area contributed by atoms with Crippen LogP contribution in [0.5, 0.6) is 0 Å². The number of methoxy groups -OCH3 is 1. The van der Waals surface area contributed by atoms with Gasteiger partial charge in [0.1, 0.15) is 5.82 Å². The third-order valence-electron chi connectivity index (χ3n) is 2.89. The third-order valence-corrected chi connectivity index (χ3v) is 4.13. The van der Waals surface area contributed by atoms with Crippen molar-refractivity contribution >= 4 is 37.5 Å². The van der Waals surface area contributed by atoms with E-state index in [0.29, 0.717) is 18.7 Å². The van der Waals surface area contributed by atoms with E-state index in [1.807, 2.05) is 24.3 Å². The van der Waals surface area contributed by atoms with Crippen LogP contribution >= 0.6 is 31.9 Å². The molecule has 0 spiro atoms. The Kier molecular flexibility index (Phi) is 5.57. The molecule has 0 bridgehead atoms. The number of hydrogen-bond acceptors (Lipinski definition) is 2. The molecular weight excluding hydrogens is 389 g/mol. The van der Waals surface area contributed by atoms with Gasteiger partial charge in [-0.05, 0) is 24.3 Å². The molecule has 0 atom stereocenters. The zero-order valence-electron chi connectivity index (χ0n) is 10.9. The second-order valence-electron chi connectivity index (χ2n) is 4.29. The second-order valence-corrected chi connectivity index (χ2v) is 6.06. The fourth-order valence-electron chi connectivity index (χ4n) is 1.87. The summed E-state index contributed by atoms with van der Waals surface area (Å²) in [6.45, 7) is 0.916. The van der Waals surface area contributed by atoms with E-state index >= 15 is 0 Å². The molecule has 1 N–H and O–H groups in total. The summed E-state index contributed by atoms with van der Waals surface area (Å²) in [5.41, 5.74) is 2.58. The highest BCUT2D eigenvalue weighted by Crippen LogP contribution is 2.26. The minimum Gasteiger partial charge on any atom is -0.381 e. The molecule has 2 nitrogen and oxygen atoms in total. The van der Waals surface area contributed by atoms with E-state index < -0.39 is 0 Å². The number of anilines is 1. The summed E-state index contributed by atoms with van der Waals surface area (Å²) in [6, 6.07) is 10.9. The van der Waals surface area contributed by atoms with Gasteiger partial charge in [-0.15, -0.1) is 0 Å². The quantitative estimate of drug-likeness (QED) is 0.750. The summed E-state index contributed by atoms with van der Waals surface area (Å²) in [6.07, 6.45) is 0. The normalized spacial score (nSPS) is 10.6. The van der Waals surface area contributed by atoms with Crippen LogP contribution in [0.2, 0.25) is 0 Å². The monoisotopic (exact) mass is 401 g/mol. The van der Waals surface area contributed by atoms with Crippen LogP contribution < -0.4 is 5.32 Å². The molecule has 0 fully saturated rings. The minimum absolute atomic E-state index is 0.227. The standard InChI is InChI=1S/C15H14Br2FNO/c1-20-9-12-13(17)3-2-4-15(12)19-8-10-5-6-11(16)7-14(10)18/h2-7,19H,8-9H2,1H3. The number of ether oxygens (including phenoxy) is 1. The first-order valence-corrected chi connectivity index (χ1v) is 7.64. The van der Waals surface area contributed by atoms with Gasteiger partial charge in [0.05, 0.1) is 6.61 Å². The number of rotatable bonds is 5. The fourth-order valence-corrected chi connectivity index (χ4v) is 2.68. The molecule has 0 aliphatic carbocycles. The van der Waals surface area contributed by atoms with Gasteiger partial charge in [0.25, 0.3) is 0 Å². The lowest BCUT2D eigenvalue weighted by atomic mass is 10.1. The molecule has 20 heavy (non-hydrogen) atoms. The van der Waals surface area contributed by atoms with Crippen LogP contribution in [0, 0.1) is 5.82 Å². The molecule has 0 heterocycles. The van der Waals surface area contributed by atoms with Crippen LogP contribution in [-0.4, -0.2) is 7.11 Å². The Morgan fingerprint density at radius 3 is 2.70 bits per heavy atom. The largest absolute Gasteiger partial charge is 0.381 e. The van der Waals surface area contributed by atoms with Crippen molar-refractivity contribution < 1.29 is 9.13 Å². The minimum atomic E-state index is -0.227. The number of hydrogen-bond donors (Lipinski definition) is 1. The smallest absolute Gasteiger partial charge is 0.129 e. The molecule has 0 aliphatic rings. The van der Waals surface area contributed by atoms with E-state index in [-0.39, 0.29) is 5.82 Å². The summed E-state index contributed by atoms with van der Waals surface area (Å²) in [5.74, 6) is -0.227. The van der Waals surface area contributed by atoms with E-state index in [0.717, 1.165) is 20.2 Å². The van der Waals surface area contributed by atoms with Gasteiger partial charge in [0, 0.05) is 39.4 Å². The van der Waals surface area contributed by atoms with Crippen molar-refractivity contribution in [3.8, 4) is 0 Å². The molecule has 106 valence electrons. The lowest BCUT2D eigenvalue weighted by molar-refractivity contribution is 0.185. The van der Waals surface area contributed by atoms with Gasteiger partial charge in [-0.25, -0.2) is 4.39 Å². The topological polar surface area (TPSA) is 21.3 Å². The van der Waals surface area contributed by atoms with Gasteiger partial charge in [-0.2, -0.15) is 0 Å². The first-order chi connectivity index (χ1) is 9.61. The van der Waals surface area contributed by atoms with E-state index in [1.165, 1.54) is 6.07 Å². The molecule has 2 rings (SSSR count).